The van der Waals surface area contributed by atoms with Crippen molar-refractivity contribution in [3.63, 3.8) is 0 Å². The molecule has 100 valence electrons. The van der Waals surface area contributed by atoms with Crippen LogP contribution in [-0.2, 0) is 11.8 Å². The van der Waals surface area contributed by atoms with Crippen LogP contribution in [0.25, 0.3) is 11.1 Å². The number of rotatable bonds is 2. The maximum Gasteiger partial charge on any atom is 0.158 e. The van der Waals surface area contributed by atoms with Gasteiger partial charge in [-0.05, 0) is 17.7 Å². The summed E-state index contributed by atoms with van der Waals surface area (Å²) < 4.78 is 7.25. The van der Waals surface area contributed by atoms with Crippen molar-refractivity contribution in [2.75, 3.05) is 31.2 Å². The molecule has 1 aliphatic rings. The Labute approximate surface area is 117 Å². The molecule has 0 saturated carbocycles. The van der Waals surface area contributed by atoms with Crippen LogP contribution in [0, 0.1) is 0 Å². The molecule has 0 aliphatic carbocycles. The summed E-state index contributed by atoms with van der Waals surface area (Å²) in [4.78, 5) is 2.27. The van der Waals surface area contributed by atoms with E-state index in [1.807, 2.05) is 42.2 Å². The van der Waals surface area contributed by atoms with Crippen molar-refractivity contribution >= 4 is 17.4 Å². The molecule has 1 saturated heterocycles. The first-order valence-corrected chi connectivity index (χ1v) is 6.74. The number of ether oxygens (including phenoxy) is 1. The SMILES string of the molecule is Cn1cc(-c2ccc(Cl)cc2)c(N2CCOCC2)n1. The maximum absolute atomic E-state index is 5.95. The fraction of sp³-hybridized carbons (Fsp3) is 0.357. The summed E-state index contributed by atoms with van der Waals surface area (Å²) in [5, 5.41) is 5.34. The van der Waals surface area contributed by atoms with E-state index in [9.17, 15) is 0 Å². The summed E-state index contributed by atoms with van der Waals surface area (Å²) in [5.74, 6) is 1.02. The highest BCUT2D eigenvalue weighted by molar-refractivity contribution is 6.30. The highest BCUT2D eigenvalue weighted by Gasteiger charge is 2.19. The van der Waals surface area contributed by atoms with Gasteiger partial charge in [0, 0.05) is 36.9 Å². The van der Waals surface area contributed by atoms with E-state index >= 15 is 0 Å². The molecule has 1 fully saturated rings. The van der Waals surface area contributed by atoms with Gasteiger partial charge in [-0.2, -0.15) is 5.10 Å². The predicted molar refractivity (Wildman–Crippen MR) is 76.7 cm³/mol. The molecule has 0 N–H and O–H groups in total. The quantitative estimate of drug-likeness (QED) is 0.845. The number of aromatic nitrogens is 2. The predicted octanol–water partition coefficient (Wildman–Crippen LogP) is 2.58. The van der Waals surface area contributed by atoms with Gasteiger partial charge in [0.15, 0.2) is 5.82 Å². The molecule has 2 heterocycles. The van der Waals surface area contributed by atoms with Gasteiger partial charge in [-0.15, -0.1) is 0 Å². The number of hydrogen-bond donors (Lipinski definition) is 0. The first-order chi connectivity index (χ1) is 9.24. The Hall–Kier alpha value is -1.52. The molecule has 2 aromatic rings. The molecule has 0 spiro atoms. The molecule has 1 aromatic heterocycles. The molecule has 3 rings (SSSR count). The van der Waals surface area contributed by atoms with Crippen LogP contribution in [0.4, 0.5) is 5.82 Å². The zero-order chi connectivity index (χ0) is 13.2. The van der Waals surface area contributed by atoms with E-state index in [0.29, 0.717) is 0 Å². The van der Waals surface area contributed by atoms with E-state index in [1.165, 1.54) is 0 Å². The van der Waals surface area contributed by atoms with Crippen LogP contribution < -0.4 is 4.90 Å². The molecule has 0 radical (unpaired) electrons. The van der Waals surface area contributed by atoms with Crippen LogP contribution >= 0.6 is 11.6 Å². The van der Waals surface area contributed by atoms with Crippen LogP contribution in [0.3, 0.4) is 0 Å². The third-order valence-electron chi connectivity index (χ3n) is 3.28. The summed E-state index contributed by atoms with van der Waals surface area (Å²) >= 11 is 5.95. The van der Waals surface area contributed by atoms with Crippen molar-refractivity contribution in [1.29, 1.82) is 0 Å². The van der Waals surface area contributed by atoms with Crippen LogP contribution in [0.1, 0.15) is 0 Å². The lowest BCUT2D eigenvalue weighted by Crippen LogP contribution is -2.36. The molecule has 1 aromatic carbocycles. The van der Waals surface area contributed by atoms with E-state index in [-0.39, 0.29) is 0 Å². The van der Waals surface area contributed by atoms with E-state index in [1.54, 1.807) is 0 Å². The van der Waals surface area contributed by atoms with Crippen molar-refractivity contribution in [2.24, 2.45) is 7.05 Å². The Kier molecular flexibility index (Phi) is 3.44. The number of hydrogen-bond acceptors (Lipinski definition) is 3. The Morgan fingerprint density at radius 2 is 1.84 bits per heavy atom. The Morgan fingerprint density at radius 3 is 2.53 bits per heavy atom. The zero-order valence-corrected chi connectivity index (χ0v) is 11.6. The van der Waals surface area contributed by atoms with Gasteiger partial charge >= 0.3 is 0 Å². The van der Waals surface area contributed by atoms with Crippen molar-refractivity contribution in [1.82, 2.24) is 9.78 Å². The van der Waals surface area contributed by atoms with Crippen LogP contribution in [0.5, 0.6) is 0 Å². The van der Waals surface area contributed by atoms with Crippen LogP contribution in [0.2, 0.25) is 5.02 Å². The number of morpholine rings is 1. The lowest BCUT2D eigenvalue weighted by molar-refractivity contribution is 0.122. The standard InChI is InChI=1S/C14H16ClN3O/c1-17-10-13(11-2-4-12(15)5-3-11)14(16-17)18-6-8-19-9-7-18/h2-5,10H,6-9H2,1H3. The summed E-state index contributed by atoms with van der Waals surface area (Å²) in [7, 11) is 1.95. The van der Waals surface area contributed by atoms with Gasteiger partial charge in [-0.25, -0.2) is 0 Å². The van der Waals surface area contributed by atoms with Gasteiger partial charge < -0.3 is 9.64 Å². The van der Waals surface area contributed by atoms with Gasteiger partial charge in [0.25, 0.3) is 0 Å². The van der Waals surface area contributed by atoms with E-state index < -0.39 is 0 Å². The topological polar surface area (TPSA) is 30.3 Å². The number of nitrogens with zero attached hydrogens (tertiary/aromatic N) is 3. The van der Waals surface area contributed by atoms with Crippen molar-refractivity contribution in [3.8, 4) is 11.1 Å². The average molecular weight is 278 g/mol. The number of anilines is 1. The Balaban J connectivity index is 1.98. The lowest BCUT2D eigenvalue weighted by Gasteiger charge is -2.27. The summed E-state index contributed by atoms with van der Waals surface area (Å²) in [6, 6.07) is 7.88. The monoisotopic (exact) mass is 277 g/mol. The minimum absolute atomic E-state index is 0.751. The highest BCUT2D eigenvalue weighted by atomic mass is 35.5. The largest absolute Gasteiger partial charge is 0.378 e. The van der Waals surface area contributed by atoms with Gasteiger partial charge in [-0.1, -0.05) is 23.7 Å². The normalized spacial score (nSPS) is 15.8. The first kappa shape index (κ1) is 12.5. The molecule has 0 atom stereocenters. The minimum Gasteiger partial charge on any atom is -0.378 e. The van der Waals surface area contributed by atoms with Crippen LogP contribution in [0.15, 0.2) is 30.5 Å². The summed E-state index contributed by atoms with van der Waals surface area (Å²) in [6.07, 6.45) is 2.05. The van der Waals surface area contributed by atoms with Crippen molar-refractivity contribution in [2.45, 2.75) is 0 Å². The Morgan fingerprint density at radius 1 is 1.16 bits per heavy atom. The summed E-state index contributed by atoms with van der Waals surface area (Å²) in [5.41, 5.74) is 2.28. The van der Waals surface area contributed by atoms with Gasteiger partial charge in [-0.3, -0.25) is 4.68 Å². The second-order valence-corrected chi connectivity index (χ2v) is 5.08. The third kappa shape index (κ3) is 2.60. The summed E-state index contributed by atoms with van der Waals surface area (Å²) in [6.45, 7) is 3.29. The van der Waals surface area contributed by atoms with Crippen LogP contribution in [-0.4, -0.2) is 36.1 Å². The zero-order valence-electron chi connectivity index (χ0n) is 10.8. The third-order valence-corrected chi connectivity index (χ3v) is 3.53. The fourth-order valence-electron chi connectivity index (χ4n) is 2.32. The molecule has 19 heavy (non-hydrogen) atoms. The van der Waals surface area contributed by atoms with Crippen molar-refractivity contribution < 1.29 is 4.74 Å². The Bertz CT molecular complexity index is 559. The molecule has 0 amide bonds. The van der Waals surface area contributed by atoms with E-state index in [2.05, 4.69) is 10.00 Å². The minimum atomic E-state index is 0.751. The van der Waals surface area contributed by atoms with E-state index in [4.69, 9.17) is 16.3 Å². The van der Waals surface area contributed by atoms with Gasteiger partial charge in [0.1, 0.15) is 0 Å². The fourth-order valence-corrected chi connectivity index (χ4v) is 2.44. The number of benzene rings is 1. The van der Waals surface area contributed by atoms with Crippen molar-refractivity contribution in [3.05, 3.63) is 35.5 Å². The molecule has 1 aliphatic heterocycles. The molecular formula is C14H16ClN3O. The maximum atomic E-state index is 5.95. The molecule has 5 heteroatoms. The second kappa shape index (κ2) is 5.23. The molecule has 0 unspecified atom stereocenters. The van der Waals surface area contributed by atoms with Gasteiger partial charge in [0.05, 0.1) is 13.2 Å². The number of halogens is 1. The lowest BCUT2D eigenvalue weighted by atomic mass is 10.1. The van der Waals surface area contributed by atoms with E-state index in [0.717, 1.165) is 48.3 Å². The highest BCUT2D eigenvalue weighted by Crippen LogP contribution is 2.30. The average Bonchev–Trinajstić information content (AvgIpc) is 2.83. The molecule has 4 nitrogen and oxygen atoms in total. The number of aryl methyl sites for hydroxylation is 1. The van der Waals surface area contributed by atoms with Gasteiger partial charge in [0.2, 0.25) is 0 Å². The second-order valence-electron chi connectivity index (χ2n) is 4.65. The first-order valence-electron chi connectivity index (χ1n) is 6.36. The molecular weight excluding hydrogens is 262 g/mol. The smallest absolute Gasteiger partial charge is 0.158 e. The molecule has 0 bridgehead atoms.